The second-order valence-corrected chi connectivity index (χ2v) is 9.03. The maximum atomic E-state index is 13.4. The first-order chi connectivity index (χ1) is 16.7. The second kappa shape index (κ2) is 11.8. The molecule has 0 bridgehead atoms. The highest BCUT2D eigenvalue weighted by molar-refractivity contribution is 5.98. The largest absolute Gasteiger partial charge is 0.491 e. The van der Waals surface area contributed by atoms with E-state index in [4.69, 9.17) is 9.47 Å². The molecule has 3 atom stereocenters. The molecule has 188 valence electrons. The fraction of sp³-hybridized carbons (Fsp3) is 0.462. The van der Waals surface area contributed by atoms with Gasteiger partial charge in [-0.2, -0.15) is 0 Å². The van der Waals surface area contributed by atoms with Crippen LogP contribution < -0.4 is 10.1 Å². The van der Waals surface area contributed by atoms with Gasteiger partial charge in [0, 0.05) is 63.7 Å². The van der Waals surface area contributed by atoms with Gasteiger partial charge in [-0.15, -0.1) is 0 Å². The predicted molar refractivity (Wildman–Crippen MR) is 132 cm³/mol. The molecule has 0 radical (unpaired) electrons. The standard InChI is InChI=1S/C26H34N4O5/c1-17-14-30(25(32)13-20-8-6-7-11-27-20)18(2)16-35-23-12-21(28-19(3)31)9-10-22(23)26(33)29(4)15-24(17)34-5/h6-12,17-18,24H,13-16H2,1-5H3,(H,28,31)/t17-,18-,24-/m1/s1. The van der Waals surface area contributed by atoms with E-state index < -0.39 is 0 Å². The number of hydrogen-bond donors (Lipinski definition) is 1. The van der Waals surface area contributed by atoms with E-state index in [0.717, 1.165) is 0 Å². The van der Waals surface area contributed by atoms with Crippen molar-refractivity contribution in [2.24, 2.45) is 5.92 Å². The van der Waals surface area contributed by atoms with Crippen LogP contribution in [-0.2, 0) is 20.7 Å². The van der Waals surface area contributed by atoms with Crippen LogP contribution in [0.2, 0.25) is 0 Å². The molecule has 2 aromatic rings. The lowest BCUT2D eigenvalue weighted by atomic mass is 10.0. The van der Waals surface area contributed by atoms with E-state index in [2.05, 4.69) is 10.3 Å². The van der Waals surface area contributed by atoms with E-state index in [-0.39, 0.29) is 48.8 Å². The number of carbonyl (C=O) groups is 3. The third-order valence-corrected chi connectivity index (χ3v) is 6.15. The number of anilines is 1. The van der Waals surface area contributed by atoms with Crippen LogP contribution >= 0.6 is 0 Å². The first-order valence-electron chi connectivity index (χ1n) is 11.7. The summed E-state index contributed by atoms with van der Waals surface area (Å²) >= 11 is 0. The topological polar surface area (TPSA) is 101 Å². The number of amides is 3. The summed E-state index contributed by atoms with van der Waals surface area (Å²) in [4.78, 5) is 45.8. The maximum absolute atomic E-state index is 13.4. The number of carbonyl (C=O) groups excluding carboxylic acids is 3. The van der Waals surface area contributed by atoms with Crippen molar-refractivity contribution in [2.75, 3.05) is 39.2 Å². The fourth-order valence-electron chi connectivity index (χ4n) is 4.16. The van der Waals surface area contributed by atoms with Gasteiger partial charge in [-0.05, 0) is 31.2 Å². The van der Waals surface area contributed by atoms with Crippen molar-refractivity contribution < 1.29 is 23.9 Å². The average Bonchev–Trinajstić information content (AvgIpc) is 2.83. The Morgan fingerprint density at radius 2 is 1.97 bits per heavy atom. The van der Waals surface area contributed by atoms with E-state index >= 15 is 0 Å². The minimum Gasteiger partial charge on any atom is -0.491 e. The molecule has 9 heteroatoms. The Bertz CT molecular complexity index is 1050. The Morgan fingerprint density at radius 3 is 2.63 bits per heavy atom. The normalized spacial score (nSPS) is 21.3. The van der Waals surface area contributed by atoms with Gasteiger partial charge in [0.2, 0.25) is 11.8 Å². The molecule has 0 saturated heterocycles. The highest BCUT2D eigenvalue weighted by atomic mass is 16.5. The van der Waals surface area contributed by atoms with Crippen LogP contribution in [0, 0.1) is 5.92 Å². The van der Waals surface area contributed by atoms with E-state index in [0.29, 0.717) is 35.8 Å². The minimum atomic E-state index is -0.282. The Labute approximate surface area is 206 Å². The van der Waals surface area contributed by atoms with Gasteiger partial charge in [-0.25, -0.2) is 0 Å². The zero-order valence-corrected chi connectivity index (χ0v) is 21.0. The Balaban J connectivity index is 1.94. The monoisotopic (exact) mass is 482 g/mol. The Hall–Kier alpha value is -3.46. The lowest BCUT2D eigenvalue weighted by Crippen LogP contribution is -2.49. The summed E-state index contributed by atoms with van der Waals surface area (Å²) in [7, 11) is 3.33. The highest BCUT2D eigenvalue weighted by Gasteiger charge is 2.30. The summed E-state index contributed by atoms with van der Waals surface area (Å²) < 4.78 is 11.8. The Kier molecular flexibility index (Phi) is 8.81. The van der Waals surface area contributed by atoms with Crippen LogP contribution in [0.15, 0.2) is 42.6 Å². The zero-order valence-electron chi connectivity index (χ0n) is 21.0. The van der Waals surface area contributed by atoms with Crippen LogP contribution in [-0.4, -0.2) is 78.5 Å². The highest BCUT2D eigenvalue weighted by Crippen LogP contribution is 2.27. The molecule has 1 aliphatic rings. The molecule has 1 aromatic heterocycles. The fourth-order valence-corrected chi connectivity index (χ4v) is 4.16. The molecule has 3 amide bonds. The van der Waals surface area contributed by atoms with Crippen LogP contribution in [0.5, 0.6) is 5.75 Å². The van der Waals surface area contributed by atoms with E-state index in [1.165, 1.54) is 6.92 Å². The van der Waals surface area contributed by atoms with Gasteiger partial charge in [0.1, 0.15) is 12.4 Å². The van der Waals surface area contributed by atoms with Crippen LogP contribution in [0.1, 0.15) is 36.8 Å². The van der Waals surface area contributed by atoms with E-state index in [9.17, 15) is 14.4 Å². The molecule has 1 N–H and O–H groups in total. The van der Waals surface area contributed by atoms with Crippen molar-refractivity contribution in [3.8, 4) is 5.75 Å². The van der Waals surface area contributed by atoms with Crippen molar-refractivity contribution in [3.05, 3.63) is 53.9 Å². The molecule has 0 unspecified atom stereocenters. The molecule has 0 fully saturated rings. The summed E-state index contributed by atoms with van der Waals surface area (Å²) in [5.74, 6) is -0.181. The van der Waals surface area contributed by atoms with Crippen LogP contribution in [0.3, 0.4) is 0 Å². The molecule has 9 nitrogen and oxygen atoms in total. The Morgan fingerprint density at radius 1 is 1.20 bits per heavy atom. The molecule has 1 aliphatic heterocycles. The molecule has 0 saturated carbocycles. The number of aromatic nitrogens is 1. The summed E-state index contributed by atoms with van der Waals surface area (Å²) in [6.45, 7) is 6.31. The first-order valence-corrected chi connectivity index (χ1v) is 11.7. The zero-order chi connectivity index (χ0) is 25.5. The van der Waals surface area contributed by atoms with Crippen molar-refractivity contribution in [2.45, 2.75) is 39.3 Å². The number of nitrogens with one attached hydrogen (secondary N) is 1. The molecule has 1 aromatic carbocycles. The summed E-state index contributed by atoms with van der Waals surface area (Å²) in [5.41, 5.74) is 1.60. The molecule has 0 spiro atoms. The lowest BCUT2D eigenvalue weighted by Gasteiger charge is -2.36. The van der Waals surface area contributed by atoms with Gasteiger partial charge in [-0.3, -0.25) is 19.4 Å². The van der Waals surface area contributed by atoms with E-state index in [1.807, 2.05) is 32.0 Å². The van der Waals surface area contributed by atoms with Crippen molar-refractivity contribution in [1.82, 2.24) is 14.8 Å². The van der Waals surface area contributed by atoms with Gasteiger partial charge < -0.3 is 24.6 Å². The number of rotatable bonds is 4. The number of fused-ring (bicyclic) bond motifs is 1. The maximum Gasteiger partial charge on any atom is 0.257 e. The van der Waals surface area contributed by atoms with Crippen molar-refractivity contribution in [3.63, 3.8) is 0 Å². The molecular weight excluding hydrogens is 448 g/mol. The third-order valence-electron chi connectivity index (χ3n) is 6.15. The number of nitrogens with zero attached hydrogens (tertiary/aromatic N) is 3. The molecule has 2 heterocycles. The van der Waals surface area contributed by atoms with Gasteiger partial charge >= 0.3 is 0 Å². The summed E-state index contributed by atoms with van der Waals surface area (Å²) in [6, 6.07) is 10.2. The number of methoxy groups -OCH3 is 1. The number of likely N-dealkylation sites (N-methyl/N-ethyl adjacent to an activating group) is 1. The van der Waals surface area contributed by atoms with Gasteiger partial charge in [0.15, 0.2) is 0 Å². The number of pyridine rings is 1. The van der Waals surface area contributed by atoms with Crippen molar-refractivity contribution in [1.29, 1.82) is 0 Å². The number of benzene rings is 1. The van der Waals surface area contributed by atoms with Gasteiger partial charge in [-0.1, -0.05) is 13.0 Å². The van der Waals surface area contributed by atoms with Crippen LogP contribution in [0.4, 0.5) is 5.69 Å². The predicted octanol–water partition coefficient (Wildman–Crippen LogP) is 2.62. The first kappa shape index (κ1) is 26.2. The molecular formula is C26H34N4O5. The number of hydrogen-bond acceptors (Lipinski definition) is 6. The average molecular weight is 483 g/mol. The van der Waals surface area contributed by atoms with Crippen LogP contribution in [0.25, 0.3) is 0 Å². The SMILES string of the molecule is CO[C@@H]1CN(C)C(=O)c2ccc(NC(C)=O)cc2OC[C@@H](C)N(C(=O)Cc2ccccn2)C[C@H]1C. The molecule has 35 heavy (non-hydrogen) atoms. The smallest absolute Gasteiger partial charge is 0.257 e. The molecule has 0 aliphatic carbocycles. The third kappa shape index (κ3) is 6.79. The van der Waals surface area contributed by atoms with Gasteiger partial charge in [0.25, 0.3) is 5.91 Å². The second-order valence-electron chi connectivity index (χ2n) is 9.03. The van der Waals surface area contributed by atoms with Crippen molar-refractivity contribution >= 4 is 23.4 Å². The molecule has 3 rings (SSSR count). The summed E-state index contributed by atoms with van der Waals surface area (Å²) in [5, 5.41) is 2.72. The quantitative estimate of drug-likeness (QED) is 0.719. The van der Waals surface area contributed by atoms with Gasteiger partial charge in [0.05, 0.1) is 24.1 Å². The number of ether oxygens (including phenoxy) is 2. The summed E-state index contributed by atoms with van der Waals surface area (Å²) in [6.07, 6.45) is 1.58. The lowest BCUT2D eigenvalue weighted by molar-refractivity contribution is -0.134. The van der Waals surface area contributed by atoms with E-state index in [1.54, 1.807) is 48.4 Å². The minimum absolute atomic E-state index is 0.0357.